The van der Waals surface area contributed by atoms with Crippen LogP contribution in [0.2, 0.25) is 0 Å². The summed E-state index contributed by atoms with van der Waals surface area (Å²) in [4.78, 5) is 18.6. The van der Waals surface area contributed by atoms with Gasteiger partial charge >= 0.3 is 0 Å². The number of hydrogen-bond acceptors (Lipinski definition) is 6. The molecule has 6 nitrogen and oxygen atoms in total. The lowest BCUT2D eigenvalue weighted by Crippen LogP contribution is -2.07. The van der Waals surface area contributed by atoms with Gasteiger partial charge in [0.1, 0.15) is 5.01 Å². The molecule has 1 N–H and O–H groups in total. The smallest absolute Gasteiger partial charge is 0.250 e. The summed E-state index contributed by atoms with van der Waals surface area (Å²) >= 11 is 3.02. The van der Waals surface area contributed by atoms with Crippen molar-refractivity contribution in [3.8, 4) is 0 Å². The zero-order valence-electron chi connectivity index (χ0n) is 12.5. The number of carbonyl (C=O) groups is 1. The van der Waals surface area contributed by atoms with E-state index in [1.807, 2.05) is 31.4 Å². The van der Waals surface area contributed by atoms with Gasteiger partial charge in [0, 0.05) is 17.2 Å². The molecule has 0 aromatic carbocycles. The van der Waals surface area contributed by atoms with Crippen LogP contribution in [0.4, 0.5) is 5.13 Å². The number of thiazole rings is 1. The molecule has 114 valence electrons. The van der Waals surface area contributed by atoms with Gasteiger partial charge in [-0.15, -0.1) is 21.5 Å². The molecule has 3 heterocycles. The number of aromatic nitrogens is 4. The Kier molecular flexibility index (Phi) is 4.04. The van der Waals surface area contributed by atoms with Crippen LogP contribution >= 0.6 is 22.7 Å². The van der Waals surface area contributed by atoms with E-state index in [1.165, 1.54) is 22.3 Å². The lowest BCUT2D eigenvalue weighted by molar-refractivity contribution is -0.111. The van der Waals surface area contributed by atoms with Crippen LogP contribution < -0.4 is 5.32 Å². The highest BCUT2D eigenvalue weighted by atomic mass is 32.1. The van der Waals surface area contributed by atoms with Crippen LogP contribution in [0.15, 0.2) is 12.3 Å². The van der Waals surface area contributed by atoms with Crippen molar-refractivity contribution >= 4 is 44.7 Å². The highest BCUT2D eigenvalue weighted by molar-refractivity contribution is 7.17. The predicted molar refractivity (Wildman–Crippen MR) is 89.5 cm³/mol. The lowest BCUT2D eigenvalue weighted by Gasteiger charge is -1.95. The summed E-state index contributed by atoms with van der Waals surface area (Å²) in [5.41, 5.74) is 1.82. The van der Waals surface area contributed by atoms with Gasteiger partial charge in [0.15, 0.2) is 4.96 Å². The standard InChI is InChI=1S/C14H15N5OS2/c1-4-12-17-18-13(22-12)16-11(20)6-5-10-9(3)15-14-19(10)7-8(2)21-14/h5-7H,4H2,1-3H3,(H,16,18,20)/b6-5+. The Balaban J connectivity index is 1.77. The summed E-state index contributed by atoms with van der Waals surface area (Å²) in [6.45, 7) is 5.98. The summed E-state index contributed by atoms with van der Waals surface area (Å²) in [6, 6.07) is 0. The molecule has 0 radical (unpaired) electrons. The number of nitrogens with zero attached hydrogens (tertiary/aromatic N) is 4. The van der Waals surface area contributed by atoms with Crippen LogP contribution in [0.5, 0.6) is 0 Å². The highest BCUT2D eigenvalue weighted by Gasteiger charge is 2.09. The Morgan fingerprint density at radius 2 is 2.18 bits per heavy atom. The Labute approximate surface area is 135 Å². The molecule has 0 saturated carbocycles. The molecule has 3 aromatic rings. The van der Waals surface area contributed by atoms with Crippen molar-refractivity contribution in [1.82, 2.24) is 19.6 Å². The van der Waals surface area contributed by atoms with Crippen molar-refractivity contribution < 1.29 is 4.79 Å². The zero-order valence-corrected chi connectivity index (χ0v) is 14.1. The third-order valence-corrected chi connectivity index (χ3v) is 4.94. The van der Waals surface area contributed by atoms with E-state index in [1.54, 1.807) is 17.4 Å². The minimum Gasteiger partial charge on any atom is -0.297 e. The number of hydrogen-bond donors (Lipinski definition) is 1. The van der Waals surface area contributed by atoms with Gasteiger partial charge in [-0.1, -0.05) is 18.3 Å². The number of anilines is 1. The summed E-state index contributed by atoms with van der Waals surface area (Å²) in [7, 11) is 0. The largest absolute Gasteiger partial charge is 0.297 e. The number of aryl methyl sites for hydroxylation is 3. The van der Waals surface area contributed by atoms with Crippen LogP contribution in [0.1, 0.15) is 28.2 Å². The summed E-state index contributed by atoms with van der Waals surface area (Å²) in [5, 5.41) is 12.1. The Morgan fingerprint density at radius 1 is 1.36 bits per heavy atom. The second kappa shape index (κ2) is 5.98. The number of rotatable bonds is 4. The molecule has 0 spiro atoms. The average molecular weight is 333 g/mol. The van der Waals surface area contributed by atoms with Gasteiger partial charge in [-0.25, -0.2) is 4.98 Å². The Morgan fingerprint density at radius 3 is 2.91 bits per heavy atom. The van der Waals surface area contributed by atoms with E-state index in [2.05, 4.69) is 20.5 Å². The molecule has 8 heteroatoms. The van der Waals surface area contributed by atoms with Crippen molar-refractivity contribution in [2.75, 3.05) is 5.32 Å². The number of amides is 1. The maximum Gasteiger partial charge on any atom is 0.250 e. The van der Waals surface area contributed by atoms with Crippen LogP contribution in [-0.4, -0.2) is 25.5 Å². The van der Waals surface area contributed by atoms with E-state index in [-0.39, 0.29) is 5.91 Å². The molecule has 0 aliphatic rings. The number of imidazole rings is 1. The molecule has 0 unspecified atom stereocenters. The SMILES string of the molecule is CCc1nnc(NC(=O)/C=C/c2c(C)nc3sc(C)cn23)s1. The van der Waals surface area contributed by atoms with Gasteiger partial charge in [0.2, 0.25) is 11.0 Å². The molecular formula is C14H15N5OS2. The molecule has 1 amide bonds. The summed E-state index contributed by atoms with van der Waals surface area (Å²) < 4.78 is 2.00. The monoisotopic (exact) mass is 333 g/mol. The molecule has 0 aliphatic carbocycles. The molecule has 3 rings (SSSR count). The fourth-order valence-electron chi connectivity index (χ4n) is 2.03. The second-order valence-electron chi connectivity index (χ2n) is 4.75. The van der Waals surface area contributed by atoms with E-state index >= 15 is 0 Å². The number of fused-ring (bicyclic) bond motifs is 1. The molecular weight excluding hydrogens is 318 g/mol. The van der Waals surface area contributed by atoms with E-state index in [0.29, 0.717) is 5.13 Å². The molecule has 0 saturated heterocycles. The van der Waals surface area contributed by atoms with Gasteiger partial charge in [-0.05, 0) is 26.3 Å². The van der Waals surface area contributed by atoms with Crippen molar-refractivity contribution in [3.05, 3.63) is 33.5 Å². The predicted octanol–water partition coefficient (Wildman–Crippen LogP) is 3.08. The molecule has 0 atom stereocenters. The van der Waals surface area contributed by atoms with Crippen LogP contribution in [0.25, 0.3) is 11.0 Å². The first kappa shape index (κ1) is 14.9. The van der Waals surface area contributed by atoms with Crippen molar-refractivity contribution in [1.29, 1.82) is 0 Å². The normalized spacial score (nSPS) is 11.6. The second-order valence-corrected chi connectivity index (χ2v) is 7.03. The minimum atomic E-state index is -0.222. The van der Waals surface area contributed by atoms with E-state index in [4.69, 9.17) is 0 Å². The third-order valence-electron chi connectivity index (χ3n) is 3.05. The first-order valence-corrected chi connectivity index (χ1v) is 8.46. The Bertz CT molecular complexity index is 858. The molecule has 3 aromatic heterocycles. The van der Waals surface area contributed by atoms with Crippen LogP contribution in [-0.2, 0) is 11.2 Å². The number of carbonyl (C=O) groups excluding carboxylic acids is 1. The van der Waals surface area contributed by atoms with Crippen molar-refractivity contribution in [2.45, 2.75) is 27.2 Å². The van der Waals surface area contributed by atoms with E-state index in [9.17, 15) is 4.79 Å². The molecule has 22 heavy (non-hydrogen) atoms. The zero-order chi connectivity index (χ0) is 15.7. The summed E-state index contributed by atoms with van der Waals surface area (Å²) in [5.74, 6) is -0.222. The average Bonchev–Trinajstić information content (AvgIpc) is 3.12. The Hall–Kier alpha value is -2.06. The quantitative estimate of drug-likeness (QED) is 0.745. The van der Waals surface area contributed by atoms with Crippen molar-refractivity contribution in [3.63, 3.8) is 0 Å². The maximum atomic E-state index is 12.0. The van der Waals surface area contributed by atoms with Gasteiger partial charge < -0.3 is 0 Å². The maximum absolute atomic E-state index is 12.0. The number of nitrogens with one attached hydrogen (secondary N) is 1. The van der Waals surface area contributed by atoms with Crippen LogP contribution in [0, 0.1) is 13.8 Å². The topological polar surface area (TPSA) is 72.2 Å². The molecule has 0 aliphatic heterocycles. The highest BCUT2D eigenvalue weighted by Crippen LogP contribution is 2.21. The summed E-state index contributed by atoms with van der Waals surface area (Å²) in [6.07, 6.45) is 6.11. The van der Waals surface area contributed by atoms with Gasteiger partial charge in [-0.3, -0.25) is 14.5 Å². The fourth-order valence-corrected chi connectivity index (χ4v) is 3.59. The van der Waals surface area contributed by atoms with Gasteiger partial charge in [0.05, 0.1) is 11.4 Å². The lowest BCUT2D eigenvalue weighted by atomic mass is 10.3. The van der Waals surface area contributed by atoms with Gasteiger partial charge in [0.25, 0.3) is 0 Å². The molecule has 0 bridgehead atoms. The van der Waals surface area contributed by atoms with Crippen LogP contribution in [0.3, 0.4) is 0 Å². The van der Waals surface area contributed by atoms with E-state index < -0.39 is 0 Å². The van der Waals surface area contributed by atoms with Crippen molar-refractivity contribution in [2.24, 2.45) is 0 Å². The van der Waals surface area contributed by atoms with E-state index in [0.717, 1.165) is 27.8 Å². The van der Waals surface area contributed by atoms with Gasteiger partial charge in [-0.2, -0.15) is 0 Å². The third kappa shape index (κ3) is 2.93. The minimum absolute atomic E-state index is 0.222. The first-order chi connectivity index (χ1) is 10.6. The fraction of sp³-hybridized carbons (Fsp3) is 0.286. The molecule has 0 fully saturated rings. The first-order valence-electron chi connectivity index (χ1n) is 6.83.